The fourth-order valence-electron chi connectivity index (χ4n) is 2.71. The quantitative estimate of drug-likeness (QED) is 0.921. The predicted molar refractivity (Wildman–Crippen MR) is 85.0 cm³/mol. The average molecular weight is 305 g/mol. The van der Waals surface area contributed by atoms with Gasteiger partial charge in [-0.25, -0.2) is 4.98 Å². The number of nitrogens with two attached hydrogens (primary N) is 1. The zero-order chi connectivity index (χ0) is 14.8. The minimum atomic E-state index is -0.415. The van der Waals surface area contributed by atoms with Crippen LogP contribution in [0, 0.1) is 0 Å². The molecule has 2 aromatic rings. The van der Waals surface area contributed by atoms with Gasteiger partial charge >= 0.3 is 0 Å². The molecule has 1 atom stereocenters. The third-order valence-electron chi connectivity index (χ3n) is 3.80. The normalized spacial score (nSPS) is 18.5. The van der Waals surface area contributed by atoms with Gasteiger partial charge in [0.1, 0.15) is 0 Å². The number of ether oxygens (including phenoxy) is 1. The molecule has 21 heavy (non-hydrogen) atoms. The number of carbonyl (C=O) groups excluding carboxylic acids is 1. The summed E-state index contributed by atoms with van der Waals surface area (Å²) in [6, 6.07) is 5.85. The van der Waals surface area contributed by atoms with Crippen LogP contribution >= 0.6 is 11.3 Å². The Hall–Kier alpha value is -1.66. The van der Waals surface area contributed by atoms with Gasteiger partial charge in [0.25, 0.3) is 0 Å². The molecule has 1 aromatic carbocycles. The molecule has 2 N–H and O–H groups in total. The van der Waals surface area contributed by atoms with Crippen molar-refractivity contribution in [2.24, 2.45) is 5.73 Å². The minimum absolute atomic E-state index is 0.404. The van der Waals surface area contributed by atoms with Gasteiger partial charge in [-0.1, -0.05) is 11.3 Å². The van der Waals surface area contributed by atoms with Crippen LogP contribution in [0.25, 0.3) is 10.2 Å². The average Bonchev–Trinajstić information content (AvgIpc) is 3.09. The number of primary amides is 1. The Morgan fingerprint density at radius 3 is 3.19 bits per heavy atom. The molecule has 5 nitrogen and oxygen atoms in total. The summed E-state index contributed by atoms with van der Waals surface area (Å²) >= 11 is 1.66. The highest BCUT2D eigenvalue weighted by Crippen LogP contribution is 2.33. The highest BCUT2D eigenvalue weighted by Gasteiger charge is 2.27. The summed E-state index contributed by atoms with van der Waals surface area (Å²) in [5.41, 5.74) is 6.67. The van der Waals surface area contributed by atoms with E-state index >= 15 is 0 Å². The molecule has 1 saturated heterocycles. The molecule has 1 aliphatic heterocycles. The lowest BCUT2D eigenvalue weighted by Gasteiger charge is -2.23. The lowest BCUT2D eigenvalue weighted by molar-refractivity contribution is 0.100. The number of carbonyl (C=O) groups is 1. The molecule has 0 saturated carbocycles. The van der Waals surface area contributed by atoms with Gasteiger partial charge in [-0.3, -0.25) is 4.79 Å². The molecule has 112 valence electrons. The van der Waals surface area contributed by atoms with Crippen molar-refractivity contribution in [3.8, 4) is 0 Å². The first kappa shape index (κ1) is 14.3. The topological polar surface area (TPSA) is 68.4 Å². The lowest BCUT2D eigenvalue weighted by Crippen LogP contribution is -2.33. The minimum Gasteiger partial charge on any atom is -0.380 e. The number of nitrogens with zero attached hydrogens (tertiary/aromatic N) is 2. The first-order chi connectivity index (χ1) is 10.2. The van der Waals surface area contributed by atoms with Crippen molar-refractivity contribution in [2.45, 2.75) is 25.8 Å². The summed E-state index contributed by atoms with van der Waals surface area (Å²) in [5.74, 6) is -0.415. The van der Waals surface area contributed by atoms with Crippen LogP contribution in [0.4, 0.5) is 5.13 Å². The molecule has 2 heterocycles. The first-order valence-corrected chi connectivity index (χ1v) is 8.05. The molecule has 1 unspecified atom stereocenters. The molecule has 0 bridgehead atoms. The fourth-order valence-corrected chi connectivity index (χ4v) is 3.75. The maximum atomic E-state index is 11.2. The number of hydrogen-bond acceptors (Lipinski definition) is 5. The Morgan fingerprint density at radius 2 is 2.43 bits per heavy atom. The number of aromatic nitrogens is 1. The van der Waals surface area contributed by atoms with E-state index < -0.39 is 5.91 Å². The maximum Gasteiger partial charge on any atom is 0.248 e. The molecule has 1 aliphatic rings. The van der Waals surface area contributed by atoms with E-state index in [1.165, 1.54) is 6.42 Å². The van der Waals surface area contributed by atoms with E-state index in [1.54, 1.807) is 23.5 Å². The molecular formula is C15H19N3O2S. The SMILES string of the molecule is CCOCC1CCCN1c1nc2cc(C(N)=O)ccc2s1. The van der Waals surface area contributed by atoms with E-state index in [4.69, 9.17) is 10.5 Å². The molecule has 0 aliphatic carbocycles. The van der Waals surface area contributed by atoms with Crippen LogP contribution in [0.15, 0.2) is 18.2 Å². The van der Waals surface area contributed by atoms with Crippen molar-refractivity contribution in [1.82, 2.24) is 4.98 Å². The Labute approximate surface area is 127 Å². The Balaban J connectivity index is 1.88. The zero-order valence-electron chi connectivity index (χ0n) is 12.0. The van der Waals surface area contributed by atoms with Gasteiger partial charge in [0, 0.05) is 18.7 Å². The number of anilines is 1. The van der Waals surface area contributed by atoms with Gasteiger partial charge in [0.2, 0.25) is 5.91 Å². The predicted octanol–water partition coefficient (Wildman–Crippen LogP) is 2.40. The van der Waals surface area contributed by atoms with Gasteiger partial charge in [-0.2, -0.15) is 0 Å². The first-order valence-electron chi connectivity index (χ1n) is 7.24. The van der Waals surface area contributed by atoms with Gasteiger partial charge in [0.15, 0.2) is 5.13 Å². The van der Waals surface area contributed by atoms with Gasteiger partial charge in [-0.15, -0.1) is 0 Å². The number of hydrogen-bond donors (Lipinski definition) is 1. The number of benzene rings is 1. The second kappa shape index (κ2) is 5.99. The van der Waals surface area contributed by atoms with E-state index in [1.807, 2.05) is 13.0 Å². The molecule has 3 rings (SSSR count). The zero-order valence-corrected chi connectivity index (χ0v) is 12.9. The summed E-state index contributed by atoms with van der Waals surface area (Å²) in [5, 5.41) is 1.01. The molecule has 1 amide bonds. The van der Waals surface area contributed by atoms with Crippen molar-refractivity contribution in [3.63, 3.8) is 0 Å². The number of amides is 1. The molecule has 6 heteroatoms. The third kappa shape index (κ3) is 2.87. The number of thiazole rings is 1. The number of rotatable bonds is 5. The van der Waals surface area contributed by atoms with Crippen molar-refractivity contribution in [3.05, 3.63) is 23.8 Å². The van der Waals surface area contributed by atoms with Crippen LogP contribution in [0.3, 0.4) is 0 Å². The maximum absolute atomic E-state index is 11.2. The summed E-state index contributed by atoms with van der Waals surface area (Å²) < 4.78 is 6.65. The van der Waals surface area contributed by atoms with Gasteiger partial charge in [0.05, 0.1) is 22.9 Å². The van der Waals surface area contributed by atoms with Crippen LogP contribution in [-0.4, -0.2) is 36.7 Å². The van der Waals surface area contributed by atoms with E-state index in [-0.39, 0.29) is 0 Å². The van der Waals surface area contributed by atoms with Crippen LogP contribution in [0.2, 0.25) is 0 Å². The fraction of sp³-hybridized carbons (Fsp3) is 0.467. The van der Waals surface area contributed by atoms with Crippen LogP contribution in [0.5, 0.6) is 0 Å². The van der Waals surface area contributed by atoms with Crippen molar-refractivity contribution < 1.29 is 9.53 Å². The molecule has 1 aromatic heterocycles. The van der Waals surface area contributed by atoms with E-state index in [0.717, 1.165) is 41.5 Å². The highest BCUT2D eigenvalue weighted by atomic mass is 32.1. The smallest absolute Gasteiger partial charge is 0.248 e. The van der Waals surface area contributed by atoms with Crippen molar-refractivity contribution in [1.29, 1.82) is 0 Å². The summed E-state index contributed by atoms with van der Waals surface area (Å²) in [6.07, 6.45) is 2.31. The lowest BCUT2D eigenvalue weighted by atomic mass is 10.2. The molecular weight excluding hydrogens is 286 g/mol. The summed E-state index contributed by atoms with van der Waals surface area (Å²) in [6.45, 7) is 4.52. The van der Waals surface area contributed by atoms with Crippen LogP contribution in [-0.2, 0) is 4.74 Å². The second-order valence-electron chi connectivity index (χ2n) is 5.19. The Bertz CT molecular complexity index is 655. The van der Waals surface area contributed by atoms with E-state index in [2.05, 4.69) is 9.88 Å². The van der Waals surface area contributed by atoms with Crippen molar-refractivity contribution >= 4 is 32.6 Å². The Kier molecular flexibility index (Phi) is 4.07. The van der Waals surface area contributed by atoms with E-state index in [9.17, 15) is 4.79 Å². The summed E-state index contributed by atoms with van der Waals surface area (Å²) in [7, 11) is 0. The summed E-state index contributed by atoms with van der Waals surface area (Å²) in [4.78, 5) is 18.2. The standard InChI is InChI=1S/C15H19N3O2S/c1-2-20-9-11-4-3-7-18(11)15-17-12-8-10(14(16)19)5-6-13(12)21-15/h5-6,8,11H,2-4,7,9H2,1H3,(H2,16,19). The highest BCUT2D eigenvalue weighted by molar-refractivity contribution is 7.22. The third-order valence-corrected chi connectivity index (χ3v) is 4.87. The molecule has 0 spiro atoms. The number of fused-ring (bicyclic) bond motifs is 1. The van der Waals surface area contributed by atoms with Crippen LogP contribution < -0.4 is 10.6 Å². The van der Waals surface area contributed by atoms with Gasteiger partial charge < -0.3 is 15.4 Å². The second-order valence-corrected chi connectivity index (χ2v) is 6.20. The Morgan fingerprint density at radius 1 is 1.57 bits per heavy atom. The van der Waals surface area contributed by atoms with Crippen molar-refractivity contribution in [2.75, 3.05) is 24.7 Å². The molecule has 1 fully saturated rings. The molecule has 0 radical (unpaired) electrons. The monoisotopic (exact) mass is 305 g/mol. The van der Waals surface area contributed by atoms with Gasteiger partial charge in [-0.05, 0) is 38.0 Å². The van der Waals surface area contributed by atoms with E-state index in [0.29, 0.717) is 11.6 Å². The largest absolute Gasteiger partial charge is 0.380 e. The van der Waals surface area contributed by atoms with Crippen LogP contribution in [0.1, 0.15) is 30.1 Å².